The summed E-state index contributed by atoms with van der Waals surface area (Å²) in [5.74, 6) is -0.632. The summed E-state index contributed by atoms with van der Waals surface area (Å²) in [6.07, 6.45) is 6.30. The van der Waals surface area contributed by atoms with Crippen LogP contribution < -0.4 is 0 Å². The molecule has 21 heavy (non-hydrogen) atoms. The first-order chi connectivity index (χ1) is 9.95. The molecular formula is C16H24O5. The monoisotopic (exact) mass is 296 g/mol. The average molecular weight is 296 g/mol. The van der Waals surface area contributed by atoms with Gasteiger partial charge >= 0.3 is 5.97 Å². The number of carbonyl (C=O) groups excluding carboxylic acids is 1. The number of cyclic esters (lactones) is 1. The van der Waals surface area contributed by atoms with Crippen molar-refractivity contribution in [2.24, 2.45) is 11.8 Å². The Labute approximate surface area is 124 Å². The van der Waals surface area contributed by atoms with E-state index in [0.717, 1.165) is 0 Å². The molecule has 1 saturated carbocycles. The number of aliphatic hydroxyl groups is 3. The van der Waals surface area contributed by atoms with Crippen molar-refractivity contribution in [2.75, 3.05) is 0 Å². The molecule has 3 N–H and O–H groups in total. The summed E-state index contributed by atoms with van der Waals surface area (Å²) < 4.78 is 5.17. The Kier molecular flexibility index (Phi) is 5.56. The number of carbonyl (C=O) groups is 1. The number of rotatable bonds is 0. The Morgan fingerprint density at radius 3 is 2.62 bits per heavy atom. The van der Waals surface area contributed by atoms with E-state index in [2.05, 4.69) is 0 Å². The summed E-state index contributed by atoms with van der Waals surface area (Å²) >= 11 is 0. The van der Waals surface area contributed by atoms with Crippen LogP contribution in [-0.2, 0) is 9.53 Å². The van der Waals surface area contributed by atoms with Gasteiger partial charge in [0.15, 0.2) is 0 Å². The fourth-order valence-electron chi connectivity index (χ4n) is 3.08. The highest BCUT2D eigenvalue weighted by atomic mass is 16.5. The molecule has 1 aliphatic carbocycles. The highest BCUT2D eigenvalue weighted by Crippen LogP contribution is 2.36. The first kappa shape index (κ1) is 16.2. The molecule has 0 aromatic heterocycles. The van der Waals surface area contributed by atoms with Crippen molar-refractivity contribution in [3.63, 3.8) is 0 Å². The molecule has 1 fully saturated rings. The molecular weight excluding hydrogens is 272 g/mol. The fourth-order valence-corrected chi connectivity index (χ4v) is 3.08. The van der Waals surface area contributed by atoms with Crippen LogP contribution in [0.2, 0.25) is 0 Å². The molecule has 0 amide bonds. The van der Waals surface area contributed by atoms with E-state index in [9.17, 15) is 20.1 Å². The van der Waals surface area contributed by atoms with Crippen molar-refractivity contribution in [1.29, 1.82) is 0 Å². The second-order valence-electron chi connectivity index (χ2n) is 6.08. The van der Waals surface area contributed by atoms with E-state index in [1.165, 1.54) is 12.2 Å². The molecule has 6 atom stereocenters. The predicted octanol–water partition coefficient (Wildman–Crippen LogP) is 0.933. The quantitative estimate of drug-likeness (QED) is 0.457. The molecule has 0 bridgehead atoms. The lowest BCUT2D eigenvalue weighted by molar-refractivity contribution is -0.142. The van der Waals surface area contributed by atoms with Crippen LogP contribution in [0.5, 0.6) is 0 Å². The molecule has 0 radical (unpaired) electrons. The molecule has 5 heteroatoms. The molecule has 1 aliphatic heterocycles. The van der Waals surface area contributed by atoms with Gasteiger partial charge in [-0.1, -0.05) is 12.2 Å². The molecule has 2 rings (SSSR count). The van der Waals surface area contributed by atoms with E-state index in [1.807, 2.05) is 6.08 Å². The van der Waals surface area contributed by atoms with Crippen LogP contribution >= 0.6 is 0 Å². The van der Waals surface area contributed by atoms with Gasteiger partial charge in [-0.05, 0) is 50.5 Å². The van der Waals surface area contributed by atoms with Crippen LogP contribution in [0.3, 0.4) is 0 Å². The zero-order chi connectivity index (χ0) is 15.4. The molecule has 0 aromatic rings. The second-order valence-corrected chi connectivity index (χ2v) is 6.08. The summed E-state index contributed by atoms with van der Waals surface area (Å²) in [6.45, 7) is 1.78. The summed E-state index contributed by atoms with van der Waals surface area (Å²) in [5, 5.41) is 29.9. The number of hydrogen-bond donors (Lipinski definition) is 3. The normalized spacial score (nSPS) is 44.7. The van der Waals surface area contributed by atoms with Crippen LogP contribution in [0.4, 0.5) is 0 Å². The molecule has 0 aromatic carbocycles. The number of esters is 1. The Bertz CT molecular complexity index is 417. The molecule has 0 spiro atoms. The largest absolute Gasteiger partial charge is 0.460 e. The third kappa shape index (κ3) is 4.66. The Morgan fingerprint density at radius 2 is 1.86 bits per heavy atom. The van der Waals surface area contributed by atoms with Gasteiger partial charge in [-0.2, -0.15) is 0 Å². The lowest BCUT2D eigenvalue weighted by atomic mass is 9.89. The first-order valence-electron chi connectivity index (χ1n) is 7.57. The third-order valence-corrected chi connectivity index (χ3v) is 4.27. The SMILES string of the molecule is CC1CCC(O)/C=C/[C@@H]2C[C@H](O)CC2[C@H](O)/C=C/C(=O)O1. The van der Waals surface area contributed by atoms with Gasteiger partial charge in [-0.15, -0.1) is 0 Å². The smallest absolute Gasteiger partial charge is 0.330 e. The number of allylic oxidation sites excluding steroid dienone is 1. The highest BCUT2D eigenvalue weighted by Gasteiger charge is 2.35. The minimum absolute atomic E-state index is 0.00324. The highest BCUT2D eigenvalue weighted by molar-refractivity contribution is 5.82. The molecule has 118 valence electrons. The fraction of sp³-hybridized carbons (Fsp3) is 0.688. The predicted molar refractivity (Wildman–Crippen MR) is 77.3 cm³/mol. The number of fused-ring (bicyclic) bond motifs is 1. The van der Waals surface area contributed by atoms with E-state index in [1.54, 1.807) is 13.0 Å². The average Bonchev–Trinajstić information content (AvgIpc) is 2.80. The van der Waals surface area contributed by atoms with Gasteiger partial charge in [-0.25, -0.2) is 4.79 Å². The summed E-state index contributed by atoms with van der Waals surface area (Å²) in [5.41, 5.74) is 0. The van der Waals surface area contributed by atoms with Gasteiger partial charge in [0.05, 0.1) is 24.4 Å². The van der Waals surface area contributed by atoms with Gasteiger partial charge < -0.3 is 20.1 Å². The van der Waals surface area contributed by atoms with Crippen LogP contribution in [0, 0.1) is 11.8 Å². The maximum atomic E-state index is 11.6. The Balaban J connectivity index is 2.16. The standard InChI is InChI=1S/C16H24O5/c1-10-2-4-12(17)5-3-11-8-13(18)9-14(11)15(19)6-7-16(20)21-10/h3,5-7,10-15,17-19H,2,4,8-9H2,1H3/b5-3+,7-6+/t10?,11-,12?,13+,14?,15-/m1/s1. The number of ether oxygens (including phenoxy) is 1. The lowest BCUT2D eigenvalue weighted by Gasteiger charge is -2.20. The summed E-state index contributed by atoms with van der Waals surface area (Å²) in [4.78, 5) is 11.6. The van der Waals surface area contributed by atoms with E-state index in [4.69, 9.17) is 4.74 Å². The van der Waals surface area contributed by atoms with Gasteiger partial charge in [0.25, 0.3) is 0 Å². The molecule has 1 heterocycles. The van der Waals surface area contributed by atoms with E-state index < -0.39 is 24.3 Å². The molecule has 5 nitrogen and oxygen atoms in total. The molecule has 0 saturated heterocycles. The van der Waals surface area contributed by atoms with Crippen LogP contribution in [0.1, 0.15) is 32.6 Å². The van der Waals surface area contributed by atoms with Crippen molar-refractivity contribution in [2.45, 2.75) is 57.0 Å². The second kappa shape index (κ2) is 7.20. The van der Waals surface area contributed by atoms with E-state index in [-0.39, 0.29) is 17.9 Å². The third-order valence-electron chi connectivity index (χ3n) is 4.27. The van der Waals surface area contributed by atoms with Crippen LogP contribution in [0.25, 0.3) is 0 Å². The van der Waals surface area contributed by atoms with Crippen molar-refractivity contribution < 1.29 is 24.9 Å². The van der Waals surface area contributed by atoms with E-state index in [0.29, 0.717) is 25.7 Å². The van der Waals surface area contributed by atoms with Crippen LogP contribution in [0.15, 0.2) is 24.3 Å². The topological polar surface area (TPSA) is 87.0 Å². The number of hydrogen-bond acceptors (Lipinski definition) is 5. The molecule has 2 aliphatic rings. The van der Waals surface area contributed by atoms with Gasteiger partial charge in [0.2, 0.25) is 0 Å². The maximum Gasteiger partial charge on any atom is 0.330 e. The minimum Gasteiger partial charge on any atom is -0.460 e. The van der Waals surface area contributed by atoms with Gasteiger partial charge in [-0.3, -0.25) is 0 Å². The van der Waals surface area contributed by atoms with Crippen molar-refractivity contribution in [3.8, 4) is 0 Å². The molecule has 3 unspecified atom stereocenters. The van der Waals surface area contributed by atoms with Gasteiger partial charge in [0, 0.05) is 6.08 Å². The first-order valence-corrected chi connectivity index (χ1v) is 7.57. The van der Waals surface area contributed by atoms with Crippen molar-refractivity contribution in [1.82, 2.24) is 0 Å². The number of aliphatic hydroxyl groups excluding tert-OH is 3. The summed E-state index contributed by atoms with van der Waals surface area (Å²) in [6, 6.07) is 0. The van der Waals surface area contributed by atoms with Crippen molar-refractivity contribution >= 4 is 5.97 Å². The van der Waals surface area contributed by atoms with Crippen molar-refractivity contribution in [3.05, 3.63) is 24.3 Å². The maximum absolute atomic E-state index is 11.6. The Morgan fingerprint density at radius 1 is 1.10 bits per heavy atom. The lowest BCUT2D eigenvalue weighted by Crippen LogP contribution is -2.22. The zero-order valence-corrected chi connectivity index (χ0v) is 12.3. The van der Waals surface area contributed by atoms with Crippen LogP contribution in [-0.4, -0.2) is 45.7 Å². The van der Waals surface area contributed by atoms with Gasteiger partial charge in [0.1, 0.15) is 0 Å². The minimum atomic E-state index is -0.808. The summed E-state index contributed by atoms with van der Waals surface area (Å²) in [7, 11) is 0. The van der Waals surface area contributed by atoms with E-state index >= 15 is 0 Å². The zero-order valence-electron chi connectivity index (χ0n) is 12.3. The Hall–Kier alpha value is -1.17.